The lowest BCUT2D eigenvalue weighted by molar-refractivity contribution is 0.0299. The van der Waals surface area contributed by atoms with Gasteiger partial charge in [-0.3, -0.25) is 0 Å². The van der Waals surface area contributed by atoms with Crippen LogP contribution in [0.4, 0.5) is 11.8 Å². The minimum atomic E-state index is 0.336. The maximum absolute atomic E-state index is 5.77. The molecule has 2 saturated heterocycles. The molecule has 86 valence electrons. The summed E-state index contributed by atoms with van der Waals surface area (Å²) in [5.74, 6) is 1.20. The fraction of sp³-hybridized carbons (Fsp3) is 0.600. The Kier molecular flexibility index (Phi) is 2.48. The quantitative estimate of drug-likeness (QED) is 0.785. The molecule has 6 heteroatoms. The molecule has 0 aromatic carbocycles. The summed E-state index contributed by atoms with van der Waals surface area (Å²) in [6.07, 6.45) is 2.96. The van der Waals surface area contributed by atoms with Gasteiger partial charge in [-0.1, -0.05) is 0 Å². The lowest BCUT2D eigenvalue weighted by atomic mass is 10.2. The van der Waals surface area contributed by atoms with Crippen LogP contribution in [0.15, 0.2) is 10.7 Å². The Balaban J connectivity index is 1.86. The van der Waals surface area contributed by atoms with Gasteiger partial charge < -0.3 is 15.4 Å². The van der Waals surface area contributed by atoms with Gasteiger partial charge in [0.05, 0.1) is 12.2 Å². The van der Waals surface area contributed by atoms with Crippen molar-refractivity contribution in [2.75, 3.05) is 23.7 Å². The van der Waals surface area contributed by atoms with Crippen molar-refractivity contribution >= 4 is 27.7 Å². The third-order valence-electron chi connectivity index (χ3n) is 3.03. The van der Waals surface area contributed by atoms with Crippen LogP contribution < -0.4 is 10.6 Å². The van der Waals surface area contributed by atoms with Crippen molar-refractivity contribution in [3.05, 3.63) is 10.7 Å². The van der Waals surface area contributed by atoms with Crippen LogP contribution in [0.5, 0.6) is 0 Å². The molecule has 1 aromatic heterocycles. The van der Waals surface area contributed by atoms with Crippen LogP contribution in [0.3, 0.4) is 0 Å². The van der Waals surface area contributed by atoms with Crippen LogP contribution in [-0.2, 0) is 4.74 Å². The van der Waals surface area contributed by atoms with Crippen LogP contribution in [0.2, 0.25) is 0 Å². The van der Waals surface area contributed by atoms with E-state index in [2.05, 4.69) is 30.8 Å². The predicted octanol–water partition coefficient (Wildman–Crippen LogP) is 1.19. The summed E-state index contributed by atoms with van der Waals surface area (Å²) < 4.78 is 6.50. The number of rotatable bonds is 1. The monoisotopic (exact) mass is 284 g/mol. The average Bonchev–Trinajstić information content (AvgIpc) is 2.56. The highest BCUT2D eigenvalue weighted by Crippen LogP contribution is 2.28. The zero-order valence-corrected chi connectivity index (χ0v) is 10.4. The minimum absolute atomic E-state index is 0.336. The van der Waals surface area contributed by atoms with Gasteiger partial charge in [0.1, 0.15) is 10.4 Å². The lowest BCUT2D eigenvalue weighted by Gasteiger charge is -2.32. The second-order valence-electron chi connectivity index (χ2n) is 4.28. The Hall–Kier alpha value is -0.880. The Morgan fingerprint density at radius 2 is 2.00 bits per heavy atom. The molecule has 0 amide bonds. The molecule has 2 aliphatic heterocycles. The van der Waals surface area contributed by atoms with E-state index < -0.39 is 0 Å². The highest BCUT2D eigenvalue weighted by atomic mass is 79.9. The smallest absolute Gasteiger partial charge is 0.228 e. The summed E-state index contributed by atoms with van der Waals surface area (Å²) in [6, 6.07) is 1.71. The molecule has 2 unspecified atom stereocenters. The van der Waals surface area contributed by atoms with E-state index in [0.717, 1.165) is 30.5 Å². The topological polar surface area (TPSA) is 64.3 Å². The molecule has 1 aromatic rings. The Bertz CT molecular complexity index is 382. The van der Waals surface area contributed by atoms with E-state index in [9.17, 15) is 0 Å². The number of fused-ring (bicyclic) bond motifs is 2. The normalized spacial score (nSPS) is 28.4. The molecule has 2 bridgehead atoms. The number of nitrogens with zero attached hydrogens (tertiary/aromatic N) is 3. The van der Waals surface area contributed by atoms with Crippen molar-refractivity contribution in [3.8, 4) is 0 Å². The van der Waals surface area contributed by atoms with Gasteiger partial charge in [0.2, 0.25) is 5.95 Å². The molecule has 2 fully saturated rings. The average molecular weight is 285 g/mol. The third-order valence-corrected chi connectivity index (χ3v) is 3.44. The molecular formula is C10H13BrN4O. The molecule has 0 aliphatic carbocycles. The van der Waals surface area contributed by atoms with E-state index in [1.54, 1.807) is 6.07 Å². The molecule has 0 radical (unpaired) electrons. The zero-order chi connectivity index (χ0) is 11.1. The van der Waals surface area contributed by atoms with Gasteiger partial charge in [0, 0.05) is 19.2 Å². The number of morpholine rings is 1. The van der Waals surface area contributed by atoms with E-state index in [0.29, 0.717) is 24.0 Å². The van der Waals surface area contributed by atoms with E-state index in [4.69, 9.17) is 10.5 Å². The van der Waals surface area contributed by atoms with Crippen LogP contribution in [0.25, 0.3) is 0 Å². The number of hydrogen-bond donors (Lipinski definition) is 1. The van der Waals surface area contributed by atoms with Gasteiger partial charge in [-0.15, -0.1) is 0 Å². The van der Waals surface area contributed by atoms with Crippen molar-refractivity contribution < 1.29 is 4.74 Å². The van der Waals surface area contributed by atoms with E-state index in [1.807, 2.05) is 0 Å². The van der Waals surface area contributed by atoms with Crippen molar-refractivity contribution in [2.45, 2.75) is 25.0 Å². The number of aromatic nitrogens is 2. The molecule has 0 spiro atoms. The summed E-state index contributed by atoms with van der Waals surface area (Å²) in [5.41, 5.74) is 5.71. The summed E-state index contributed by atoms with van der Waals surface area (Å²) >= 11 is 3.34. The van der Waals surface area contributed by atoms with Crippen molar-refractivity contribution in [3.63, 3.8) is 0 Å². The first kappa shape index (κ1) is 10.3. The van der Waals surface area contributed by atoms with E-state index >= 15 is 0 Å². The van der Waals surface area contributed by atoms with Gasteiger partial charge >= 0.3 is 0 Å². The van der Waals surface area contributed by atoms with Crippen LogP contribution >= 0.6 is 15.9 Å². The number of nitrogen functional groups attached to an aromatic ring is 1. The molecule has 3 heterocycles. The standard InChI is InChI=1S/C10H13BrN4O/c11-8-3-9(12)14-10(13-8)15-4-6-1-2-7(5-15)16-6/h3,6-7H,1-2,4-5H2,(H2,12,13,14). The summed E-state index contributed by atoms with van der Waals surface area (Å²) in [5, 5.41) is 0. The number of nitrogens with two attached hydrogens (primary N) is 1. The van der Waals surface area contributed by atoms with Crippen LogP contribution in [0, 0.1) is 0 Å². The van der Waals surface area contributed by atoms with Crippen molar-refractivity contribution in [2.24, 2.45) is 0 Å². The van der Waals surface area contributed by atoms with Gasteiger partial charge in [-0.2, -0.15) is 4.98 Å². The fourth-order valence-electron chi connectivity index (χ4n) is 2.34. The van der Waals surface area contributed by atoms with Gasteiger partial charge in [-0.25, -0.2) is 4.98 Å². The zero-order valence-electron chi connectivity index (χ0n) is 8.77. The van der Waals surface area contributed by atoms with Crippen molar-refractivity contribution in [1.29, 1.82) is 0 Å². The molecule has 0 saturated carbocycles. The molecule has 5 nitrogen and oxygen atoms in total. The van der Waals surface area contributed by atoms with Gasteiger partial charge in [-0.05, 0) is 28.8 Å². The highest BCUT2D eigenvalue weighted by molar-refractivity contribution is 9.10. The fourth-order valence-corrected chi connectivity index (χ4v) is 2.74. The van der Waals surface area contributed by atoms with Gasteiger partial charge in [0.15, 0.2) is 0 Å². The summed E-state index contributed by atoms with van der Waals surface area (Å²) in [4.78, 5) is 10.8. The number of ether oxygens (including phenoxy) is 1. The molecular weight excluding hydrogens is 272 g/mol. The first-order valence-corrected chi connectivity index (χ1v) is 6.20. The maximum atomic E-state index is 5.77. The Labute approximate surface area is 102 Å². The van der Waals surface area contributed by atoms with Crippen LogP contribution in [0.1, 0.15) is 12.8 Å². The SMILES string of the molecule is Nc1cc(Br)nc(N2CC3CCC(C2)O3)n1. The largest absolute Gasteiger partial charge is 0.383 e. The van der Waals surface area contributed by atoms with Crippen LogP contribution in [-0.4, -0.2) is 35.3 Å². The lowest BCUT2D eigenvalue weighted by Crippen LogP contribution is -2.43. The van der Waals surface area contributed by atoms with Crippen molar-refractivity contribution in [1.82, 2.24) is 9.97 Å². The molecule has 3 rings (SSSR count). The Morgan fingerprint density at radius 1 is 1.31 bits per heavy atom. The molecule has 16 heavy (non-hydrogen) atoms. The van der Waals surface area contributed by atoms with E-state index in [1.165, 1.54) is 0 Å². The summed E-state index contributed by atoms with van der Waals surface area (Å²) in [7, 11) is 0. The molecule has 2 aliphatic rings. The minimum Gasteiger partial charge on any atom is -0.383 e. The van der Waals surface area contributed by atoms with E-state index in [-0.39, 0.29) is 0 Å². The predicted molar refractivity (Wildman–Crippen MR) is 64.3 cm³/mol. The summed E-state index contributed by atoms with van der Waals surface area (Å²) in [6.45, 7) is 1.73. The first-order valence-electron chi connectivity index (χ1n) is 5.41. The maximum Gasteiger partial charge on any atom is 0.228 e. The second-order valence-corrected chi connectivity index (χ2v) is 5.09. The number of anilines is 2. The molecule has 2 atom stereocenters. The molecule has 2 N–H and O–H groups in total. The first-order chi connectivity index (χ1) is 7.70. The van der Waals surface area contributed by atoms with Gasteiger partial charge in [0.25, 0.3) is 0 Å². The highest BCUT2D eigenvalue weighted by Gasteiger charge is 2.34. The number of halogens is 1. The third kappa shape index (κ3) is 1.87. The Morgan fingerprint density at radius 3 is 2.62 bits per heavy atom. The number of hydrogen-bond acceptors (Lipinski definition) is 5. The second kappa shape index (κ2) is 3.85.